The standard InChI is InChI=1S/C9H16N4/c1-5-9(3,4)12-8-11-7(2)6-10-13-8/h6H,5H2,1-4H3,(H,11,12,13). The molecule has 0 aliphatic carbocycles. The monoisotopic (exact) mass is 180 g/mol. The van der Waals surface area contributed by atoms with Crippen LogP contribution in [0.15, 0.2) is 6.20 Å². The Morgan fingerprint density at radius 2 is 2.15 bits per heavy atom. The molecule has 0 saturated heterocycles. The van der Waals surface area contributed by atoms with Gasteiger partial charge in [0.15, 0.2) is 0 Å². The van der Waals surface area contributed by atoms with Gasteiger partial charge in [0, 0.05) is 5.54 Å². The van der Waals surface area contributed by atoms with Crippen molar-refractivity contribution in [2.24, 2.45) is 0 Å². The topological polar surface area (TPSA) is 50.7 Å². The van der Waals surface area contributed by atoms with Gasteiger partial charge >= 0.3 is 0 Å². The molecular formula is C9H16N4. The van der Waals surface area contributed by atoms with Crippen LogP contribution >= 0.6 is 0 Å². The molecule has 0 atom stereocenters. The number of nitrogens with zero attached hydrogens (tertiary/aromatic N) is 3. The average Bonchev–Trinajstić information content (AvgIpc) is 2.03. The Morgan fingerprint density at radius 3 is 2.69 bits per heavy atom. The van der Waals surface area contributed by atoms with E-state index in [9.17, 15) is 0 Å². The fraction of sp³-hybridized carbons (Fsp3) is 0.667. The number of aryl methyl sites for hydroxylation is 1. The van der Waals surface area contributed by atoms with Crippen LogP contribution in [0.3, 0.4) is 0 Å². The van der Waals surface area contributed by atoms with Crippen molar-refractivity contribution in [2.75, 3.05) is 5.32 Å². The molecule has 0 amide bonds. The Morgan fingerprint density at radius 1 is 1.46 bits per heavy atom. The fourth-order valence-electron chi connectivity index (χ4n) is 0.829. The van der Waals surface area contributed by atoms with Gasteiger partial charge in [0.2, 0.25) is 5.95 Å². The second-order valence-corrected chi connectivity index (χ2v) is 3.78. The summed E-state index contributed by atoms with van der Waals surface area (Å²) in [6.07, 6.45) is 2.66. The molecule has 1 N–H and O–H groups in total. The van der Waals surface area contributed by atoms with Gasteiger partial charge in [-0.1, -0.05) is 6.92 Å². The SMILES string of the molecule is CCC(C)(C)Nc1nncc(C)n1. The lowest BCUT2D eigenvalue weighted by Crippen LogP contribution is -2.30. The van der Waals surface area contributed by atoms with E-state index in [0.29, 0.717) is 5.95 Å². The number of hydrogen-bond donors (Lipinski definition) is 1. The molecule has 0 radical (unpaired) electrons. The molecule has 1 rings (SSSR count). The summed E-state index contributed by atoms with van der Waals surface area (Å²) in [5.74, 6) is 0.604. The highest BCUT2D eigenvalue weighted by Crippen LogP contribution is 2.13. The Hall–Kier alpha value is -1.19. The molecular weight excluding hydrogens is 164 g/mol. The van der Waals surface area contributed by atoms with Crippen molar-refractivity contribution >= 4 is 5.95 Å². The number of anilines is 1. The van der Waals surface area contributed by atoms with Crippen LogP contribution < -0.4 is 5.32 Å². The van der Waals surface area contributed by atoms with Crippen LogP contribution in [0, 0.1) is 6.92 Å². The highest BCUT2D eigenvalue weighted by atomic mass is 15.2. The van der Waals surface area contributed by atoms with Gasteiger partial charge in [0.25, 0.3) is 0 Å². The zero-order valence-corrected chi connectivity index (χ0v) is 8.63. The van der Waals surface area contributed by atoms with Gasteiger partial charge in [0.05, 0.1) is 11.9 Å². The molecule has 4 nitrogen and oxygen atoms in total. The second kappa shape index (κ2) is 3.68. The summed E-state index contributed by atoms with van der Waals surface area (Å²) in [5, 5.41) is 11.0. The molecule has 1 heterocycles. The maximum Gasteiger partial charge on any atom is 0.243 e. The van der Waals surface area contributed by atoms with Crippen molar-refractivity contribution in [1.29, 1.82) is 0 Å². The summed E-state index contributed by atoms with van der Waals surface area (Å²) in [6.45, 7) is 8.24. The molecule has 13 heavy (non-hydrogen) atoms. The van der Waals surface area contributed by atoms with Gasteiger partial charge in [-0.05, 0) is 27.2 Å². The summed E-state index contributed by atoms with van der Waals surface area (Å²) in [4.78, 5) is 4.22. The van der Waals surface area contributed by atoms with Crippen LogP contribution in [0.2, 0.25) is 0 Å². The van der Waals surface area contributed by atoms with Crippen LogP contribution in [0.1, 0.15) is 32.9 Å². The predicted octanol–water partition coefficient (Wildman–Crippen LogP) is 1.78. The number of hydrogen-bond acceptors (Lipinski definition) is 4. The van der Waals surface area contributed by atoms with E-state index in [1.54, 1.807) is 6.20 Å². The third-order valence-corrected chi connectivity index (χ3v) is 2.01. The molecule has 0 bridgehead atoms. The van der Waals surface area contributed by atoms with Crippen molar-refractivity contribution in [1.82, 2.24) is 15.2 Å². The van der Waals surface area contributed by atoms with Crippen LogP contribution in [0.5, 0.6) is 0 Å². The zero-order chi connectivity index (χ0) is 9.90. The molecule has 4 heteroatoms. The summed E-state index contributed by atoms with van der Waals surface area (Å²) >= 11 is 0. The van der Waals surface area contributed by atoms with Crippen molar-refractivity contribution < 1.29 is 0 Å². The minimum atomic E-state index is 0.0233. The first kappa shape index (κ1) is 9.89. The maximum atomic E-state index is 4.22. The molecule has 0 aliphatic rings. The minimum Gasteiger partial charge on any atom is -0.348 e. The van der Waals surface area contributed by atoms with Crippen molar-refractivity contribution in [3.8, 4) is 0 Å². The van der Waals surface area contributed by atoms with Crippen molar-refractivity contribution in [3.63, 3.8) is 0 Å². The maximum absolute atomic E-state index is 4.22. The van der Waals surface area contributed by atoms with Crippen LogP contribution in [-0.2, 0) is 0 Å². The quantitative estimate of drug-likeness (QED) is 0.770. The zero-order valence-electron chi connectivity index (χ0n) is 8.63. The fourth-order valence-corrected chi connectivity index (χ4v) is 0.829. The number of rotatable bonds is 3. The van der Waals surface area contributed by atoms with E-state index in [1.807, 2.05) is 6.92 Å². The highest BCUT2D eigenvalue weighted by Gasteiger charge is 2.15. The first-order chi connectivity index (χ1) is 6.03. The minimum absolute atomic E-state index is 0.0233. The first-order valence-corrected chi connectivity index (χ1v) is 4.48. The number of nitrogens with one attached hydrogen (secondary N) is 1. The molecule has 1 aromatic heterocycles. The van der Waals surface area contributed by atoms with E-state index < -0.39 is 0 Å². The first-order valence-electron chi connectivity index (χ1n) is 4.48. The Labute approximate surface area is 78.8 Å². The second-order valence-electron chi connectivity index (χ2n) is 3.78. The number of aromatic nitrogens is 3. The van der Waals surface area contributed by atoms with Crippen LogP contribution in [0.25, 0.3) is 0 Å². The van der Waals surface area contributed by atoms with Crippen molar-refractivity contribution in [2.45, 2.75) is 39.7 Å². The summed E-state index contributed by atoms with van der Waals surface area (Å²) < 4.78 is 0. The smallest absolute Gasteiger partial charge is 0.243 e. The molecule has 0 spiro atoms. The molecule has 72 valence electrons. The van der Waals surface area contributed by atoms with E-state index in [4.69, 9.17) is 0 Å². The van der Waals surface area contributed by atoms with Crippen LogP contribution in [-0.4, -0.2) is 20.7 Å². The van der Waals surface area contributed by atoms with Gasteiger partial charge in [-0.25, -0.2) is 4.98 Å². The van der Waals surface area contributed by atoms with E-state index >= 15 is 0 Å². The van der Waals surface area contributed by atoms with Gasteiger partial charge in [0.1, 0.15) is 0 Å². The largest absolute Gasteiger partial charge is 0.348 e. The normalized spacial score (nSPS) is 11.4. The Balaban J connectivity index is 2.74. The van der Waals surface area contributed by atoms with Gasteiger partial charge in [-0.15, -0.1) is 5.10 Å². The molecule has 0 saturated carbocycles. The predicted molar refractivity (Wildman–Crippen MR) is 52.6 cm³/mol. The van der Waals surface area contributed by atoms with E-state index in [-0.39, 0.29) is 5.54 Å². The molecule has 0 aromatic carbocycles. The summed E-state index contributed by atoms with van der Waals surface area (Å²) in [7, 11) is 0. The van der Waals surface area contributed by atoms with Gasteiger partial charge < -0.3 is 5.32 Å². The lowest BCUT2D eigenvalue weighted by molar-refractivity contribution is 0.540. The summed E-state index contributed by atoms with van der Waals surface area (Å²) in [6, 6.07) is 0. The molecule has 0 aliphatic heterocycles. The highest BCUT2D eigenvalue weighted by molar-refractivity contribution is 5.26. The van der Waals surface area contributed by atoms with E-state index in [2.05, 4.69) is 41.3 Å². The van der Waals surface area contributed by atoms with Gasteiger partial charge in [-0.2, -0.15) is 5.10 Å². The lowest BCUT2D eigenvalue weighted by Gasteiger charge is -2.23. The average molecular weight is 180 g/mol. The Bertz CT molecular complexity index is 283. The third kappa shape index (κ3) is 2.97. The summed E-state index contributed by atoms with van der Waals surface area (Å²) in [5.41, 5.74) is 0.902. The Kier molecular flexibility index (Phi) is 2.80. The van der Waals surface area contributed by atoms with E-state index in [0.717, 1.165) is 12.1 Å². The lowest BCUT2D eigenvalue weighted by atomic mass is 10.0. The van der Waals surface area contributed by atoms with Crippen LogP contribution in [0.4, 0.5) is 5.95 Å². The van der Waals surface area contributed by atoms with Crippen molar-refractivity contribution in [3.05, 3.63) is 11.9 Å². The molecule has 1 aromatic rings. The van der Waals surface area contributed by atoms with E-state index in [1.165, 1.54) is 0 Å². The third-order valence-electron chi connectivity index (χ3n) is 2.01. The van der Waals surface area contributed by atoms with Gasteiger partial charge in [-0.3, -0.25) is 0 Å². The molecule has 0 fully saturated rings. The molecule has 0 unspecified atom stereocenters.